The molecule has 3 rings (SSSR count). The van der Waals surface area contributed by atoms with Crippen LogP contribution in [-0.2, 0) is 21.4 Å². The highest BCUT2D eigenvalue weighted by Crippen LogP contribution is 2.25. The first-order valence-corrected chi connectivity index (χ1v) is 12.8. The molecule has 0 heterocycles. The summed E-state index contributed by atoms with van der Waals surface area (Å²) in [6.07, 6.45) is 1.46. The van der Waals surface area contributed by atoms with Crippen molar-refractivity contribution < 1.29 is 13.2 Å². The molecule has 172 valence electrons. The van der Waals surface area contributed by atoms with Gasteiger partial charge in [0.1, 0.15) is 0 Å². The molecule has 11 heteroatoms. The van der Waals surface area contributed by atoms with Gasteiger partial charge in [-0.2, -0.15) is 9.41 Å². The van der Waals surface area contributed by atoms with Crippen molar-refractivity contribution in [2.75, 3.05) is 6.54 Å². The van der Waals surface area contributed by atoms with Crippen LogP contribution in [0.25, 0.3) is 0 Å². The van der Waals surface area contributed by atoms with Crippen LogP contribution < -0.4 is 5.43 Å². The number of hydrazone groups is 1. The lowest BCUT2D eigenvalue weighted by molar-refractivity contribution is -0.121. The van der Waals surface area contributed by atoms with Crippen molar-refractivity contribution in [2.45, 2.75) is 11.4 Å². The van der Waals surface area contributed by atoms with E-state index in [2.05, 4.69) is 26.5 Å². The van der Waals surface area contributed by atoms with Gasteiger partial charge in [-0.3, -0.25) is 4.79 Å². The van der Waals surface area contributed by atoms with Crippen LogP contribution >= 0.6 is 50.7 Å². The lowest BCUT2D eigenvalue weighted by atomic mass is 10.2. The van der Waals surface area contributed by atoms with Crippen molar-refractivity contribution in [2.24, 2.45) is 5.10 Å². The first kappa shape index (κ1) is 25.7. The molecule has 6 nitrogen and oxygen atoms in total. The van der Waals surface area contributed by atoms with Gasteiger partial charge in [0.25, 0.3) is 5.91 Å². The number of carbonyl (C=O) groups is 1. The second-order valence-corrected chi connectivity index (χ2v) is 10.9. The Labute approximate surface area is 215 Å². The Morgan fingerprint density at radius 3 is 2.36 bits per heavy atom. The third-order valence-corrected chi connectivity index (χ3v) is 7.52. The first-order chi connectivity index (χ1) is 15.6. The molecule has 3 aromatic rings. The molecule has 0 aromatic heterocycles. The van der Waals surface area contributed by atoms with Gasteiger partial charge in [0.05, 0.1) is 17.7 Å². The molecule has 1 N–H and O–H groups in total. The van der Waals surface area contributed by atoms with Gasteiger partial charge in [-0.25, -0.2) is 13.8 Å². The third kappa shape index (κ3) is 7.27. The number of halogens is 4. The van der Waals surface area contributed by atoms with Gasteiger partial charge in [0.15, 0.2) is 0 Å². The highest BCUT2D eigenvalue weighted by Gasteiger charge is 2.27. The van der Waals surface area contributed by atoms with E-state index < -0.39 is 22.5 Å². The zero-order valence-corrected chi connectivity index (χ0v) is 21.6. The minimum Gasteiger partial charge on any atom is -0.272 e. The number of rotatable bonds is 8. The number of carbonyl (C=O) groups excluding carboxylic acids is 1. The zero-order valence-electron chi connectivity index (χ0n) is 16.9. The average Bonchev–Trinajstić information content (AvgIpc) is 2.75. The Hall–Kier alpha value is -1.94. The molecule has 0 atom stereocenters. The lowest BCUT2D eigenvalue weighted by Crippen LogP contribution is -2.39. The van der Waals surface area contributed by atoms with Crippen LogP contribution in [0.15, 0.2) is 81.2 Å². The Bertz CT molecular complexity index is 1290. The smallest absolute Gasteiger partial charge is 0.255 e. The summed E-state index contributed by atoms with van der Waals surface area (Å²) in [5.41, 5.74) is 3.60. The molecular formula is C22H17BrCl3N3O3S. The predicted octanol–water partition coefficient (Wildman–Crippen LogP) is 5.75. The van der Waals surface area contributed by atoms with Crippen LogP contribution in [0, 0.1) is 0 Å². The number of benzene rings is 3. The molecule has 3 aromatic carbocycles. The fourth-order valence-corrected chi connectivity index (χ4v) is 5.17. The molecule has 0 radical (unpaired) electrons. The molecule has 0 saturated heterocycles. The number of hydrogen-bond acceptors (Lipinski definition) is 4. The van der Waals surface area contributed by atoms with Crippen LogP contribution in [0.2, 0.25) is 15.1 Å². The van der Waals surface area contributed by atoms with Gasteiger partial charge >= 0.3 is 0 Å². The average molecular weight is 590 g/mol. The second kappa shape index (κ2) is 11.5. The van der Waals surface area contributed by atoms with Gasteiger partial charge in [-0.05, 0) is 59.7 Å². The van der Waals surface area contributed by atoms with Crippen LogP contribution in [0.1, 0.15) is 11.1 Å². The van der Waals surface area contributed by atoms with Crippen molar-refractivity contribution in [1.29, 1.82) is 0 Å². The van der Waals surface area contributed by atoms with Crippen LogP contribution in [-0.4, -0.2) is 31.4 Å². The van der Waals surface area contributed by atoms with E-state index in [-0.39, 0.29) is 16.5 Å². The maximum absolute atomic E-state index is 13.3. The van der Waals surface area contributed by atoms with E-state index in [1.165, 1.54) is 36.5 Å². The first-order valence-electron chi connectivity index (χ1n) is 9.42. The summed E-state index contributed by atoms with van der Waals surface area (Å²) in [6, 6.07) is 17.7. The van der Waals surface area contributed by atoms with Crippen LogP contribution in [0.4, 0.5) is 0 Å². The van der Waals surface area contributed by atoms with Gasteiger partial charge in [-0.1, -0.05) is 68.9 Å². The fraction of sp³-hybridized carbons (Fsp3) is 0.0909. The SMILES string of the molecule is O=C(CN(Cc1ccc(Cl)cc1Cl)S(=O)(=O)c1ccc(Cl)cc1)N/N=C\c1cccc(Br)c1. The maximum Gasteiger partial charge on any atom is 0.255 e. The number of nitrogens with one attached hydrogen (secondary N) is 1. The summed E-state index contributed by atoms with van der Waals surface area (Å²) in [7, 11) is -4.06. The molecule has 0 unspecified atom stereocenters. The van der Waals surface area contributed by atoms with Crippen molar-refractivity contribution >= 4 is 72.9 Å². The maximum atomic E-state index is 13.3. The Balaban J connectivity index is 1.82. The summed E-state index contributed by atoms with van der Waals surface area (Å²) in [6.45, 7) is -0.635. The standard InChI is InChI=1S/C22H17BrCl3N3O3S/c23-17-3-1-2-15(10-17)12-27-28-22(30)14-29(13-16-4-5-19(25)11-21(16)26)33(31,32)20-8-6-18(24)7-9-20/h1-12H,13-14H2,(H,28,30)/b27-12-. The van der Waals surface area contributed by atoms with Crippen molar-refractivity contribution in [3.05, 3.63) is 97.4 Å². The highest BCUT2D eigenvalue weighted by atomic mass is 79.9. The summed E-state index contributed by atoms with van der Waals surface area (Å²) in [5, 5.41) is 5.00. The molecule has 0 aliphatic heterocycles. The quantitative estimate of drug-likeness (QED) is 0.269. The minimum atomic E-state index is -4.06. The van der Waals surface area contributed by atoms with E-state index in [0.29, 0.717) is 15.6 Å². The summed E-state index contributed by atoms with van der Waals surface area (Å²) in [5.74, 6) is -0.621. The van der Waals surface area contributed by atoms with E-state index in [9.17, 15) is 13.2 Å². The molecule has 0 spiro atoms. The monoisotopic (exact) mass is 587 g/mol. The molecule has 0 aliphatic rings. The number of nitrogens with zero attached hydrogens (tertiary/aromatic N) is 2. The molecule has 0 bridgehead atoms. The van der Waals surface area contributed by atoms with Crippen molar-refractivity contribution in [1.82, 2.24) is 9.73 Å². The Kier molecular flexibility index (Phi) is 8.92. The third-order valence-electron chi connectivity index (χ3n) is 4.38. The van der Waals surface area contributed by atoms with E-state index in [4.69, 9.17) is 34.8 Å². The Morgan fingerprint density at radius 1 is 1.00 bits per heavy atom. The van der Waals surface area contributed by atoms with Gasteiger partial charge in [0.2, 0.25) is 10.0 Å². The lowest BCUT2D eigenvalue weighted by Gasteiger charge is -2.22. The van der Waals surface area contributed by atoms with Crippen molar-refractivity contribution in [3.8, 4) is 0 Å². The summed E-state index contributed by atoms with van der Waals surface area (Å²) in [4.78, 5) is 12.5. The molecule has 1 amide bonds. The van der Waals surface area contributed by atoms with E-state index >= 15 is 0 Å². The molecule has 33 heavy (non-hydrogen) atoms. The van der Waals surface area contributed by atoms with Crippen LogP contribution in [0.3, 0.4) is 0 Å². The summed E-state index contributed by atoms with van der Waals surface area (Å²) >= 11 is 21.4. The largest absolute Gasteiger partial charge is 0.272 e. The minimum absolute atomic E-state index is 0.0116. The van der Waals surface area contributed by atoms with Crippen LogP contribution in [0.5, 0.6) is 0 Å². The highest BCUT2D eigenvalue weighted by molar-refractivity contribution is 9.10. The fourth-order valence-electron chi connectivity index (χ4n) is 2.78. The van der Waals surface area contributed by atoms with Gasteiger partial charge < -0.3 is 0 Å². The van der Waals surface area contributed by atoms with E-state index in [1.54, 1.807) is 18.2 Å². The molecular weight excluding hydrogens is 573 g/mol. The van der Waals surface area contributed by atoms with Gasteiger partial charge in [0, 0.05) is 26.1 Å². The molecule has 0 fully saturated rings. The van der Waals surface area contributed by atoms with E-state index in [1.807, 2.05) is 18.2 Å². The number of sulfonamides is 1. The number of amides is 1. The normalized spacial score (nSPS) is 11.8. The summed E-state index contributed by atoms with van der Waals surface area (Å²) < 4.78 is 28.4. The predicted molar refractivity (Wildman–Crippen MR) is 135 cm³/mol. The number of hydrogen-bond donors (Lipinski definition) is 1. The zero-order chi connectivity index (χ0) is 24.0. The van der Waals surface area contributed by atoms with Gasteiger partial charge in [-0.15, -0.1) is 0 Å². The second-order valence-electron chi connectivity index (χ2n) is 6.81. The molecule has 0 saturated carbocycles. The topological polar surface area (TPSA) is 78.8 Å². The van der Waals surface area contributed by atoms with Crippen molar-refractivity contribution in [3.63, 3.8) is 0 Å². The molecule has 0 aliphatic carbocycles. The van der Waals surface area contributed by atoms with E-state index in [0.717, 1.165) is 14.3 Å². The Morgan fingerprint density at radius 2 is 1.70 bits per heavy atom.